The molecule has 0 aliphatic carbocycles. The number of H-pyrrole nitrogens is 1. The molecule has 7 heteroatoms. The van der Waals surface area contributed by atoms with Crippen molar-refractivity contribution in [2.45, 2.75) is 27.3 Å². The van der Waals surface area contributed by atoms with Gasteiger partial charge in [0.25, 0.3) is 5.91 Å². The van der Waals surface area contributed by atoms with Crippen LogP contribution in [0.15, 0.2) is 18.2 Å². The zero-order chi connectivity index (χ0) is 19.7. The van der Waals surface area contributed by atoms with Gasteiger partial charge in [-0.2, -0.15) is 5.10 Å². The second kappa shape index (κ2) is 7.52. The van der Waals surface area contributed by atoms with Crippen LogP contribution in [0.5, 0.6) is 0 Å². The second-order valence-corrected chi connectivity index (χ2v) is 6.78. The minimum atomic E-state index is -0.364. The Kier molecular flexibility index (Phi) is 5.32. The Labute approximate surface area is 157 Å². The molecule has 2 aromatic heterocycles. The lowest BCUT2D eigenvalue weighted by Gasteiger charge is -2.22. The molecule has 0 saturated carbocycles. The molecule has 0 aliphatic heterocycles. The van der Waals surface area contributed by atoms with E-state index in [0.717, 1.165) is 27.9 Å². The normalized spacial score (nSPS) is 11.3. The van der Waals surface area contributed by atoms with Gasteiger partial charge in [0.1, 0.15) is 11.5 Å². The van der Waals surface area contributed by atoms with Crippen LogP contribution in [0, 0.1) is 26.6 Å². The number of hydrogen-bond acceptors (Lipinski definition) is 3. The SMILES string of the molecule is COCCN(Cc1c(C)nn(C)c1C)C(=O)c1[nH]c2c(F)cccc2c1C. The Morgan fingerprint density at radius 1 is 1.33 bits per heavy atom. The van der Waals surface area contributed by atoms with Crippen LogP contribution in [0.4, 0.5) is 4.39 Å². The van der Waals surface area contributed by atoms with Crippen LogP contribution in [0.3, 0.4) is 0 Å². The lowest BCUT2D eigenvalue weighted by atomic mass is 10.1. The number of nitrogens with one attached hydrogen (secondary N) is 1. The molecule has 0 saturated heterocycles. The number of methoxy groups -OCH3 is 1. The number of aryl methyl sites for hydroxylation is 3. The van der Waals surface area contributed by atoms with E-state index in [2.05, 4.69) is 10.1 Å². The van der Waals surface area contributed by atoms with Gasteiger partial charge in [-0.3, -0.25) is 9.48 Å². The molecular weight excluding hydrogens is 347 g/mol. The third kappa shape index (κ3) is 3.47. The van der Waals surface area contributed by atoms with Gasteiger partial charge in [-0.15, -0.1) is 0 Å². The maximum atomic E-state index is 14.1. The quantitative estimate of drug-likeness (QED) is 0.722. The Bertz CT molecular complexity index is 990. The number of aromatic amines is 1. The zero-order valence-electron chi connectivity index (χ0n) is 16.4. The van der Waals surface area contributed by atoms with Crippen molar-refractivity contribution < 1.29 is 13.9 Å². The molecule has 0 atom stereocenters. The first-order valence-corrected chi connectivity index (χ1v) is 8.89. The molecule has 1 amide bonds. The Hall–Kier alpha value is -2.67. The van der Waals surface area contributed by atoms with Crippen LogP contribution in [-0.4, -0.2) is 45.8 Å². The van der Waals surface area contributed by atoms with E-state index in [1.807, 2.05) is 38.6 Å². The van der Waals surface area contributed by atoms with E-state index in [1.54, 1.807) is 18.1 Å². The summed E-state index contributed by atoms with van der Waals surface area (Å²) in [4.78, 5) is 18.0. The Balaban J connectivity index is 1.99. The van der Waals surface area contributed by atoms with Crippen LogP contribution < -0.4 is 0 Å². The number of carbonyl (C=O) groups is 1. The molecule has 6 nitrogen and oxygen atoms in total. The van der Waals surface area contributed by atoms with Gasteiger partial charge >= 0.3 is 0 Å². The second-order valence-electron chi connectivity index (χ2n) is 6.78. The number of amides is 1. The van der Waals surface area contributed by atoms with Crippen molar-refractivity contribution in [3.8, 4) is 0 Å². The summed E-state index contributed by atoms with van der Waals surface area (Å²) in [5.41, 5.74) is 4.44. The van der Waals surface area contributed by atoms with Crippen molar-refractivity contribution in [1.29, 1.82) is 0 Å². The predicted octanol–water partition coefficient (Wildman–Crippen LogP) is 3.25. The summed E-state index contributed by atoms with van der Waals surface area (Å²) in [5.74, 6) is -0.542. The minimum absolute atomic E-state index is 0.178. The number of benzene rings is 1. The fourth-order valence-electron chi connectivity index (χ4n) is 3.38. The highest BCUT2D eigenvalue weighted by Crippen LogP contribution is 2.25. The third-order valence-electron chi connectivity index (χ3n) is 5.12. The van der Waals surface area contributed by atoms with Crippen molar-refractivity contribution in [2.24, 2.45) is 7.05 Å². The van der Waals surface area contributed by atoms with Gasteiger partial charge in [-0.25, -0.2) is 4.39 Å². The monoisotopic (exact) mass is 372 g/mol. The lowest BCUT2D eigenvalue weighted by molar-refractivity contribution is 0.0674. The van der Waals surface area contributed by atoms with Gasteiger partial charge in [0.2, 0.25) is 0 Å². The molecule has 0 fully saturated rings. The topological polar surface area (TPSA) is 63.1 Å². The number of hydrogen-bond donors (Lipinski definition) is 1. The van der Waals surface area contributed by atoms with E-state index >= 15 is 0 Å². The molecule has 3 rings (SSSR count). The zero-order valence-corrected chi connectivity index (χ0v) is 16.4. The fourth-order valence-corrected chi connectivity index (χ4v) is 3.38. The highest BCUT2D eigenvalue weighted by atomic mass is 19.1. The van der Waals surface area contributed by atoms with Gasteiger partial charge in [0.15, 0.2) is 0 Å². The highest BCUT2D eigenvalue weighted by molar-refractivity contribution is 6.01. The number of rotatable bonds is 6. The van der Waals surface area contributed by atoms with Crippen molar-refractivity contribution in [1.82, 2.24) is 19.7 Å². The van der Waals surface area contributed by atoms with Crippen molar-refractivity contribution in [3.05, 3.63) is 52.2 Å². The van der Waals surface area contributed by atoms with Crippen molar-refractivity contribution in [2.75, 3.05) is 20.3 Å². The number of carbonyl (C=O) groups excluding carboxylic acids is 1. The van der Waals surface area contributed by atoms with Gasteiger partial charge < -0.3 is 14.6 Å². The van der Waals surface area contributed by atoms with Gasteiger partial charge in [-0.05, 0) is 32.4 Å². The van der Waals surface area contributed by atoms with Crippen LogP contribution in [0.25, 0.3) is 10.9 Å². The number of nitrogens with zero attached hydrogens (tertiary/aromatic N) is 3. The number of fused-ring (bicyclic) bond motifs is 1. The highest BCUT2D eigenvalue weighted by Gasteiger charge is 2.24. The standard InChI is InChI=1S/C20H25FN4O2/c1-12-15-7-6-8-17(21)19(15)22-18(12)20(26)25(9-10-27-5)11-16-13(2)23-24(4)14(16)3/h6-8,22H,9-11H2,1-5H3. The maximum Gasteiger partial charge on any atom is 0.270 e. The smallest absolute Gasteiger partial charge is 0.270 e. The fraction of sp³-hybridized carbons (Fsp3) is 0.400. The van der Waals surface area contributed by atoms with Crippen LogP contribution in [0.2, 0.25) is 0 Å². The molecule has 0 spiro atoms. The van der Waals surface area contributed by atoms with Crippen LogP contribution >= 0.6 is 0 Å². The van der Waals surface area contributed by atoms with E-state index in [1.165, 1.54) is 6.07 Å². The molecule has 144 valence electrons. The molecule has 1 aromatic carbocycles. The molecule has 0 unspecified atom stereocenters. The first kappa shape index (κ1) is 19.1. The molecule has 1 N–H and O–H groups in total. The molecule has 2 heterocycles. The van der Waals surface area contributed by atoms with E-state index in [-0.39, 0.29) is 11.7 Å². The average Bonchev–Trinajstić information content (AvgIpc) is 3.10. The average molecular weight is 372 g/mol. The summed E-state index contributed by atoms with van der Waals surface area (Å²) in [6.45, 7) is 7.02. The van der Waals surface area contributed by atoms with Crippen LogP contribution in [0.1, 0.15) is 33.0 Å². The number of para-hydroxylation sites is 1. The van der Waals surface area contributed by atoms with E-state index in [4.69, 9.17) is 4.74 Å². The van der Waals surface area contributed by atoms with E-state index < -0.39 is 0 Å². The summed E-state index contributed by atoms with van der Waals surface area (Å²) in [6.07, 6.45) is 0. The number of aromatic nitrogens is 3. The van der Waals surface area contributed by atoms with E-state index in [9.17, 15) is 9.18 Å². The van der Waals surface area contributed by atoms with Crippen LogP contribution in [-0.2, 0) is 18.3 Å². The Morgan fingerprint density at radius 3 is 2.67 bits per heavy atom. The first-order chi connectivity index (χ1) is 12.8. The molecule has 0 bridgehead atoms. The number of ether oxygens (including phenoxy) is 1. The van der Waals surface area contributed by atoms with Gasteiger partial charge in [-0.1, -0.05) is 12.1 Å². The van der Waals surface area contributed by atoms with E-state index in [0.29, 0.717) is 30.9 Å². The molecule has 0 aliphatic rings. The molecule has 27 heavy (non-hydrogen) atoms. The first-order valence-electron chi connectivity index (χ1n) is 8.89. The van der Waals surface area contributed by atoms with Crippen molar-refractivity contribution >= 4 is 16.8 Å². The third-order valence-corrected chi connectivity index (χ3v) is 5.12. The molecule has 0 radical (unpaired) electrons. The van der Waals surface area contributed by atoms with Gasteiger partial charge in [0, 0.05) is 43.9 Å². The summed E-state index contributed by atoms with van der Waals surface area (Å²) >= 11 is 0. The Morgan fingerprint density at radius 2 is 2.07 bits per heavy atom. The van der Waals surface area contributed by atoms with Gasteiger partial charge in [0.05, 0.1) is 17.8 Å². The summed E-state index contributed by atoms with van der Waals surface area (Å²) < 4.78 is 21.1. The summed E-state index contributed by atoms with van der Waals surface area (Å²) in [5, 5.41) is 5.15. The predicted molar refractivity (Wildman–Crippen MR) is 102 cm³/mol. The summed E-state index contributed by atoms with van der Waals surface area (Å²) in [7, 11) is 3.49. The molecule has 3 aromatic rings. The minimum Gasteiger partial charge on any atom is -0.383 e. The summed E-state index contributed by atoms with van der Waals surface area (Å²) in [6, 6.07) is 4.85. The maximum absolute atomic E-state index is 14.1. The number of halogens is 1. The largest absolute Gasteiger partial charge is 0.383 e. The lowest BCUT2D eigenvalue weighted by Crippen LogP contribution is -2.34. The van der Waals surface area contributed by atoms with Crippen molar-refractivity contribution in [3.63, 3.8) is 0 Å². The molecular formula is C20H25FN4O2.